The normalized spacial score (nSPS) is 15.0. The third-order valence-electron chi connectivity index (χ3n) is 6.10. The van der Waals surface area contributed by atoms with Crippen molar-refractivity contribution in [1.29, 1.82) is 0 Å². The van der Waals surface area contributed by atoms with Gasteiger partial charge in [-0.15, -0.1) is 0 Å². The Morgan fingerprint density at radius 2 is 1.64 bits per heavy atom. The highest BCUT2D eigenvalue weighted by atomic mass is 16.5. The molecule has 0 radical (unpaired) electrons. The van der Waals surface area contributed by atoms with Gasteiger partial charge in [0.05, 0.1) is 7.11 Å². The smallest absolute Gasteiger partial charge is 0.251 e. The number of rotatable bonds is 8. The van der Waals surface area contributed by atoms with Crippen molar-refractivity contribution in [2.75, 3.05) is 55.4 Å². The molecule has 1 saturated heterocycles. The number of nitrogens with one attached hydrogen (secondary N) is 2. The van der Waals surface area contributed by atoms with Crippen LogP contribution in [-0.4, -0.2) is 50.6 Å². The summed E-state index contributed by atoms with van der Waals surface area (Å²) in [6.07, 6.45) is 0. The van der Waals surface area contributed by atoms with Crippen LogP contribution in [0, 0.1) is 0 Å². The Labute approximate surface area is 196 Å². The number of anilines is 3. The van der Waals surface area contributed by atoms with Gasteiger partial charge in [0.2, 0.25) is 0 Å². The van der Waals surface area contributed by atoms with E-state index in [4.69, 9.17) is 4.74 Å². The molecule has 6 heteroatoms. The molecular weight excluding hydrogens is 412 g/mol. The highest BCUT2D eigenvalue weighted by Crippen LogP contribution is 2.25. The van der Waals surface area contributed by atoms with Crippen LogP contribution in [0.2, 0.25) is 0 Å². The minimum Gasteiger partial charge on any atom is -0.497 e. The lowest BCUT2D eigenvalue weighted by atomic mass is 10.1. The predicted octanol–water partition coefficient (Wildman–Crippen LogP) is 4.63. The van der Waals surface area contributed by atoms with Gasteiger partial charge < -0.3 is 25.2 Å². The van der Waals surface area contributed by atoms with E-state index < -0.39 is 6.04 Å². The number of carbonyl (C=O) groups excluding carboxylic acids is 1. The van der Waals surface area contributed by atoms with Crippen molar-refractivity contribution in [3.05, 3.63) is 84.4 Å². The number of benzene rings is 3. The Kier molecular flexibility index (Phi) is 7.47. The number of piperazine rings is 1. The molecule has 1 heterocycles. The lowest BCUT2D eigenvalue weighted by molar-refractivity contribution is -0.117. The summed E-state index contributed by atoms with van der Waals surface area (Å²) in [6, 6.07) is 25.0. The lowest BCUT2D eigenvalue weighted by Crippen LogP contribution is -2.46. The maximum atomic E-state index is 13.3. The molecular formula is C27H32N4O2. The predicted molar refractivity (Wildman–Crippen MR) is 135 cm³/mol. The average molecular weight is 445 g/mol. The summed E-state index contributed by atoms with van der Waals surface area (Å²) in [7, 11) is 1.61. The molecule has 1 amide bonds. The fraction of sp³-hybridized carbons (Fsp3) is 0.296. The molecule has 0 aromatic heterocycles. The Morgan fingerprint density at radius 1 is 0.909 bits per heavy atom. The summed E-state index contributed by atoms with van der Waals surface area (Å²) in [5, 5.41) is 6.43. The maximum Gasteiger partial charge on any atom is 0.251 e. The summed E-state index contributed by atoms with van der Waals surface area (Å²) >= 11 is 0. The third kappa shape index (κ3) is 5.84. The average Bonchev–Trinajstić information content (AvgIpc) is 2.88. The number of amides is 1. The molecule has 1 atom stereocenters. The van der Waals surface area contributed by atoms with Crippen molar-refractivity contribution in [1.82, 2.24) is 4.90 Å². The summed E-state index contributed by atoms with van der Waals surface area (Å²) in [4.78, 5) is 18.2. The van der Waals surface area contributed by atoms with Crippen molar-refractivity contribution in [3.8, 4) is 5.75 Å². The molecule has 0 saturated carbocycles. The van der Waals surface area contributed by atoms with Gasteiger partial charge >= 0.3 is 0 Å². The van der Waals surface area contributed by atoms with E-state index in [0.29, 0.717) is 11.4 Å². The fourth-order valence-corrected chi connectivity index (χ4v) is 4.12. The minimum absolute atomic E-state index is 0.130. The SMILES string of the molecule is CCN1CCN(c2ccc(NC(C(=O)Nc3cccc(OC)c3)c3ccccc3)cc2)CC1. The quantitative estimate of drug-likeness (QED) is 0.531. The molecule has 33 heavy (non-hydrogen) atoms. The first kappa shape index (κ1) is 22.7. The van der Waals surface area contributed by atoms with E-state index in [1.165, 1.54) is 5.69 Å². The van der Waals surface area contributed by atoms with Crippen molar-refractivity contribution in [2.24, 2.45) is 0 Å². The minimum atomic E-state index is -0.531. The van der Waals surface area contributed by atoms with Crippen molar-refractivity contribution >= 4 is 23.0 Å². The second-order valence-electron chi connectivity index (χ2n) is 8.18. The van der Waals surface area contributed by atoms with Crippen molar-refractivity contribution in [3.63, 3.8) is 0 Å². The van der Waals surface area contributed by atoms with Gasteiger partial charge in [0.15, 0.2) is 0 Å². The number of hydrogen-bond acceptors (Lipinski definition) is 5. The highest BCUT2D eigenvalue weighted by molar-refractivity contribution is 5.97. The largest absolute Gasteiger partial charge is 0.497 e. The topological polar surface area (TPSA) is 56.8 Å². The van der Waals surface area contributed by atoms with Crippen LogP contribution in [-0.2, 0) is 4.79 Å². The number of likely N-dealkylation sites (N-methyl/N-ethyl adjacent to an activating group) is 1. The zero-order valence-corrected chi connectivity index (χ0v) is 19.3. The van der Waals surface area contributed by atoms with Crippen LogP contribution >= 0.6 is 0 Å². The van der Waals surface area contributed by atoms with E-state index >= 15 is 0 Å². The van der Waals surface area contributed by atoms with Gasteiger partial charge in [-0.2, -0.15) is 0 Å². The van der Waals surface area contributed by atoms with Crippen LogP contribution in [0.15, 0.2) is 78.9 Å². The first-order chi connectivity index (χ1) is 16.2. The highest BCUT2D eigenvalue weighted by Gasteiger charge is 2.21. The molecule has 172 valence electrons. The van der Waals surface area contributed by atoms with Gasteiger partial charge in [0.1, 0.15) is 11.8 Å². The molecule has 0 aliphatic carbocycles. The van der Waals surface area contributed by atoms with E-state index in [2.05, 4.69) is 51.6 Å². The standard InChI is InChI=1S/C27H32N4O2/c1-3-30-16-18-31(19-17-30)24-14-12-22(13-15-24)28-26(21-8-5-4-6-9-21)27(32)29-23-10-7-11-25(20-23)33-2/h4-15,20,26,28H,3,16-19H2,1-2H3,(H,29,32). The Hall–Kier alpha value is -3.51. The van der Waals surface area contributed by atoms with E-state index in [-0.39, 0.29) is 5.91 Å². The zero-order chi connectivity index (χ0) is 23.0. The molecule has 2 N–H and O–H groups in total. The van der Waals surface area contributed by atoms with Gasteiger partial charge in [-0.1, -0.05) is 43.3 Å². The van der Waals surface area contributed by atoms with Crippen molar-refractivity contribution in [2.45, 2.75) is 13.0 Å². The van der Waals surface area contributed by atoms with Crippen LogP contribution in [0.1, 0.15) is 18.5 Å². The monoisotopic (exact) mass is 444 g/mol. The molecule has 4 rings (SSSR count). The summed E-state index contributed by atoms with van der Waals surface area (Å²) in [5.74, 6) is 0.571. The van der Waals surface area contributed by atoms with Gasteiger partial charge in [0.25, 0.3) is 5.91 Å². The fourth-order valence-electron chi connectivity index (χ4n) is 4.12. The zero-order valence-electron chi connectivity index (χ0n) is 19.3. The van der Waals surface area contributed by atoms with Gasteiger partial charge in [-0.05, 0) is 48.5 Å². The van der Waals surface area contributed by atoms with Gasteiger partial charge in [0, 0.05) is 49.3 Å². The van der Waals surface area contributed by atoms with E-state index in [1.54, 1.807) is 7.11 Å². The number of ether oxygens (including phenoxy) is 1. The molecule has 6 nitrogen and oxygen atoms in total. The molecule has 1 unspecified atom stereocenters. The second kappa shape index (κ2) is 10.9. The first-order valence-electron chi connectivity index (χ1n) is 11.5. The molecule has 1 aliphatic rings. The molecule has 0 spiro atoms. The molecule has 1 aliphatic heterocycles. The number of methoxy groups -OCH3 is 1. The summed E-state index contributed by atoms with van der Waals surface area (Å²) in [6.45, 7) is 7.58. The summed E-state index contributed by atoms with van der Waals surface area (Å²) < 4.78 is 5.28. The first-order valence-corrected chi connectivity index (χ1v) is 11.5. The van der Waals surface area contributed by atoms with Gasteiger partial charge in [-0.25, -0.2) is 0 Å². The number of hydrogen-bond donors (Lipinski definition) is 2. The second-order valence-corrected chi connectivity index (χ2v) is 8.18. The van der Waals surface area contributed by atoms with Crippen LogP contribution < -0.4 is 20.3 Å². The van der Waals surface area contributed by atoms with E-state index in [9.17, 15) is 4.79 Å². The Balaban J connectivity index is 1.48. The molecule has 0 bridgehead atoms. The van der Waals surface area contributed by atoms with Crippen molar-refractivity contribution < 1.29 is 9.53 Å². The maximum absolute atomic E-state index is 13.3. The van der Waals surface area contributed by atoms with E-state index in [1.807, 2.05) is 54.6 Å². The molecule has 1 fully saturated rings. The lowest BCUT2D eigenvalue weighted by Gasteiger charge is -2.35. The summed E-state index contributed by atoms with van der Waals surface area (Å²) in [5.41, 5.74) is 3.72. The van der Waals surface area contributed by atoms with E-state index in [0.717, 1.165) is 44.0 Å². The Morgan fingerprint density at radius 3 is 2.30 bits per heavy atom. The van der Waals surface area contributed by atoms with Crippen LogP contribution in [0.25, 0.3) is 0 Å². The van der Waals surface area contributed by atoms with Gasteiger partial charge in [-0.3, -0.25) is 4.79 Å². The van der Waals surface area contributed by atoms with Crippen LogP contribution in [0.5, 0.6) is 5.75 Å². The molecule has 3 aromatic rings. The third-order valence-corrected chi connectivity index (χ3v) is 6.10. The van der Waals surface area contributed by atoms with Crippen LogP contribution in [0.4, 0.5) is 17.1 Å². The van der Waals surface area contributed by atoms with Crippen LogP contribution in [0.3, 0.4) is 0 Å². The number of carbonyl (C=O) groups is 1. The molecule has 3 aromatic carbocycles. The number of nitrogens with zero attached hydrogens (tertiary/aromatic N) is 2. The Bertz CT molecular complexity index is 1030.